The molecule has 0 radical (unpaired) electrons. The molecule has 4 rings (SSSR count). The summed E-state index contributed by atoms with van der Waals surface area (Å²) in [6.45, 7) is 1.67. The van der Waals surface area contributed by atoms with E-state index in [1.165, 1.54) is 5.56 Å². The third-order valence-electron chi connectivity index (χ3n) is 5.92. The predicted octanol–water partition coefficient (Wildman–Crippen LogP) is 4.47. The number of carbonyl (C=O) groups excluding carboxylic acids is 2. The summed E-state index contributed by atoms with van der Waals surface area (Å²) in [7, 11) is 0. The number of amides is 2. The van der Waals surface area contributed by atoms with E-state index in [0.29, 0.717) is 50.4 Å². The summed E-state index contributed by atoms with van der Waals surface area (Å²) in [5.74, 6) is 0.755. The molecular weight excluding hydrogens is 414 g/mol. The molecule has 1 fully saturated rings. The van der Waals surface area contributed by atoms with Crippen LogP contribution in [0.25, 0.3) is 0 Å². The lowest BCUT2D eigenvalue weighted by molar-refractivity contribution is -0.134. The highest BCUT2D eigenvalue weighted by molar-refractivity contribution is 5.93. The van der Waals surface area contributed by atoms with Gasteiger partial charge in [0.1, 0.15) is 12.4 Å². The highest BCUT2D eigenvalue weighted by atomic mass is 16.5. The minimum absolute atomic E-state index is 0.00389. The number of hydrogen-bond acceptors (Lipinski definition) is 4. The first-order valence-electron chi connectivity index (χ1n) is 11.4. The molecule has 0 spiro atoms. The highest BCUT2D eigenvalue weighted by Gasteiger charge is 2.27. The molecule has 33 heavy (non-hydrogen) atoms. The Morgan fingerprint density at radius 3 is 2.52 bits per heavy atom. The van der Waals surface area contributed by atoms with Crippen molar-refractivity contribution in [3.63, 3.8) is 0 Å². The van der Waals surface area contributed by atoms with Gasteiger partial charge in [-0.25, -0.2) is 0 Å². The number of nitrogens with one attached hydrogen (secondary N) is 1. The van der Waals surface area contributed by atoms with E-state index in [0.717, 1.165) is 12.0 Å². The maximum absolute atomic E-state index is 12.8. The molecule has 6 heteroatoms. The standard InChI is InChI=1S/C27H29N3O3/c31-26(12-11-21-6-2-1-3-7-21)30-16-13-23(14-17-30)27(32)29-24-9-4-10-25(18-24)33-20-22-8-5-15-28-19-22/h1-10,15,18-19,23H,11-14,16-17,20H2,(H,29,32). The minimum Gasteiger partial charge on any atom is -0.489 e. The van der Waals surface area contributed by atoms with E-state index in [1.54, 1.807) is 12.4 Å². The Morgan fingerprint density at radius 2 is 1.76 bits per heavy atom. The lowest BCUT2D eigenvalue weighted by Crippen LogP contribution is -2.41. The smallest absolute Gasteiger partial charge is 0.227 e. The van der Waals surface area contributed by atoms with Gasteiger partial charge in [0.25, 0.3) is 0 Å². The zero-order valence-corrected chi connectivity index (χ0v) is 18.7. The van der Waals surface area contributed by atoms with Crippen molar-refractivity contribution in [1.29, 1.82) is 0 Å². The van der Waals surface area contributed by atoms with Crippen molar-refractivity contribution in [1.82, 2.24) is 9.88 Å². The second-order valence-electron chi connectivity index (χ2n) is 8.31. The zero-order chi connectivity index (χ0) is 22.9. The summed E-state index contributed by atoms with van der Waals surface area (Å²) in [6.07, 6.45) is 6.11. The lowest BCUT2D eigenvalue weighted by atomic mass is 9.95. The molecule has 2 amide bonds. The minimum atomic E-state index is -0.0943. The normalized spacial score (nSPS) is 14.0. The molecule has 0 bridgehead atoms. The lowest BCUT2D eigenvalue weighted by Gasteiger charge is -2.31. The number of rotatable bonds is 8. The van der Waals surface area contributed by atoms with Gasteiger partial charge in [-0.2, -0.15) is 0 Å². The number of benzene rings is 2. The number of pyridine rings is 1. The van der Waals surface area contributed by atoms with Crippen LogP contribution in [0.2, 0.25) is 0 Å². The fourth-order valence-corrected chi connectivity index (χ4v) is 4.00. The van der Waals surface area contributed by atoms with Crippen LogP contribution < -0.4 is 10.1 Å². The van der Waals surface area contributed by atoms with Crippen molar-refractivity contribution in [2.45, 2.75) is 32.3 Å². The van der Waals surface area contributed by atoms with Crippen molar-refractivity contribution in [3.8, 4) is 5.75 Å². The van der Waals surface area contributed by atoms with Gasteiger partial charge in [0.15, 0.2) is 0 Å². The van der Waals surface area contributed by atoms with E-state index in [9.17, 15) is 9.59 Å². The number of aryl methyl sites for hydroxylation is 1. The van der Waals surface area contributed by atoms with Gasteiger partial charge in [-0.1, -0.05) is 42.5 Å². The van der Waals surface area contributed by atoms with E-state index >= 15 is 0 Å². The molecular formula is C27H29N3O3. The number of anilines is 1. The van der Waals surface area contributed by atoms with Crippen molar-refractivity contribution >= 4 is 17.5 Å². The molecule has 1 aliphatic heterocycles. The summed E-state index contributed by atoms with van der Waals surface area (Å²) >= 11 is 0. The van der Waals surface area contributed by atoms with E-state index < -0.39 is 0 Å². The average molecular weight is 444 g/mol. The van der Waals surface area contributed by atoms with Crippen LogP contribution >= 0.6 is 0 Å². The molecule has 2 heterocycles. The molecule has 2 aromatic carbocycles. The van der Waals surface area contributed by atoms with Gasteiger partial charge in [0.05, 0.1) is 0 Å². The second kappa shape index (κ2) is 11.3. The quantitative estimate of drug-likeness (QED) is 0.558. The predicted molar refractivity (Wildman–Crippen MR) is 128 cm³/mol. The van der Waals surface area contributed by atoms with Crippen LogP contribution in [0, 0.1) is 5.92 Å². The summed E-state index contributed by atoms with van der Waals surface area (Å²) in [4.78, 5) is 31.3. The number of ether oxygens (including phenoxy) is 1. The number of aromatic nitrogens is 1. The molecule has 1 aliphatic rings. The van der Waals surface area contributed by atoms with E-state index in [4.69, 9.17) is 4.74 Å². The number of hydrogen-bond donors (Lipinski definition) is 1. The van der Waals surface area contributed by atoms with E-state index in [-0.39, 0.29) is 17.7 Å². The first-order valence-corrected chi connectivity index (χ1v) is 11.4. The van der Waals surface area contributed by atoms with E-state index in [2.05, 4.69) is 10.3 Å². The molecule has 0 saturated carbocycles. The van der Waals surface area contributed by atoms with Gasteiger partial charge in [-0.3, -0.25) is 14.6 Å². The topological polar surface area (TPSA) is 71.5 Å². The largest absolute Gasteiger partial charge is 0.489 e. The Hall–Kier alpha value is -3.67. The van der Waals surface area contributed by atoms with Crippen LogP contribution in [0.1, 0.15) is 30.4 Å². The Kier molecular flexibility index (Phi) is 7.69. The molecule has 0 unspecified atom stereocenters. The Bertz CT molecular complexity index is 1050. The molecule has 1 aromatic heterocycles. The highest BCUT2D eigenvalue weighted by Crippen LogP contribution is 2.23. The van der Waals surface area contributed by atoms with Crippen LogP contribution in [0.4, 0.5) is 5.69 Å². The number of carbonyl (C=O) groups is 2. The maximum atomic E-state index is 12.8. The number of likely N-dealkylation sites (tertiary alicyclic amines) is 1. The molecule has 1 N–H and O–H groups in total. The van der Waals surface area contributed by atoms with Crippen LogP contribution in [0.5, 0.6) is 5.75 Å². The number of piperidine rings is 1. The Labute approximate surface area is 194 Å². The Balaban J connectivity index is 1.22. The summed E-state index contributed by atoms with van der Waals surface area (Å²) in [5.41, 5.74) is 2.87. The van der Waals surface area contributed by atoms with E-state index in [1.807, 2.05) is 71.6 Å². The molecule has 1 saturated heterocycles. The first kappa shape index (κ1) is 22.5. The van der Waals surface area contributed by atoms with Gasteiger partial charge in [0.2, 0.25) is 11.8 Å². The van der Waals surface area contributed by atoms with Gasteiger partial charge < -0.3 is 15.0 Å². The van der Waals surface area contributed by atoms with Gasteiger partial charge in [-0.15, -0.1) is 0 Å². The van der Waals surface area contributed by atoms with Crippen LogP contribution in [-0.4, -0.2) is 34.8 Å². The van der Waals surface area contributed by atoms with Crippen molar-refractivity contribution in [3.05, 3.63) is 90.3 Å². The van der Waals surface area contributed by atoms with Crippen LogP contribution in [0.3, 0.4) is 0 Å². The monoisotopic (exact) mass is 443 g/mol. The fraction of sp³-hybridized carbons (Fsp3) is 0.296. The fourth-order valence-electron chi connectivity index (χ4n) is 4.00. The third kappa shape index (κ3) is 6.65. The van der Waals surface area contributed by atoms with Crippen molar-refractivity contribution < 1.29 is 14.3 Å². The second-order valence-corrected chi connectivity index (χ2v) is 8.31. The van der Waals surface area contributed by atoms with Crippen molar-refractivity contribution in [2.24, 2.45) is 5.92 Å². The van der Waals surface area contributed by atoms with Crippen molar-refractivity contribution in [2.75, 3.05) is 18.4 Å². The third-order valence-corrected chi connectivity index (χ3v) is 5.92. The maximum Gasteiger partial charge on any atom is 0.227 e. The Morgan fingerprint density at radius 1 is 0.970 bits per heavy atom. The van der Waals surface area contributed by atoms with Crippen LogP contribution in [-0.2, 0) is 22.6 Å². The van der Waals surface area contributed by atoms with Crippen LogP contribution in [0.15, 0.2) is 79.1 Å². The molecule has 0 atom stereocenters. The SMILES string of the molecule is O=C(Nc1cccc(OCc2cccnc2)c1)C1CCN(C(=O)CCc2ccccc2)CC1. The van der Waals surface area contributed by atoms with Gasteiger partial charge in [0, 0.05) is 55.1 Å². The summed E-state index contributed by atoms with van der Waals surface area (Å²) in [6, 6.07) is 21.3. The summed E-state index contributed by atoms with van der Waals surface area (Å²) in [5, 5.41) is 3.01. The van der Waals surface area contributed by atoms with Gasteiger partial charge in [-0.05, 0) is 43.0 Å². The molecule has 170 valence electrons. The summed E-state index contributed by atoms with van der Waals surface area (Å²) < 4.78 is 5.82. The zero-order valence-electron chi connectivity index (χ0n) is 18.7. The molecule has 3 aromatic rings. The average Bonchev–Trinajstić information content (AvgIpc) is 2.87. The number of nitrogens with zero attached hydrogens (tertiary/aromatic N) is 2. The molecule has 6 nitrogen and oxygen atoms in total. The first-order chi connectivity index (χ1) is 16.2. The molecule has 0 aliphatic carbocycles. The van der Waals surface area contributed by atoms with Gasteiger partial charge >= 0.3 is 0 Å².